The Kier molecular flexibility index (Phi) is 4.55. The molecular formula is C15H20ClNO3. The number of aliphatic hydroxyl groups is 1. The minimum Gasteiger partial charge on any atom is -0.481 e. The average molecular weight is 298 g/mol. The number of amides is 1. The zero-order valence-corrected chi connectivity index (χ0v) is 12.5. The van der Waals surface area contributed by atoms with Crippen LogP contribution in [0.4, 0.5) is 0 Å². The Balaban J connectivity index is 1.87. The molecule has 0 saturated heterocycles. The molecule has 5 heteroatoms. The van der Waals surface area contributed by atoms with Gasteiger partial charge in [0.05, 0.1) is 6.61 Å². The summed E-state index contributed by atoms with van der Waals surface area (Å²) < 4.78 is 5.65. The van der Waals surface area contributed by atoms with Gasteiger partial charge in [-0.15, -0.1) is 0 Å². The largest absolute Gasteiger partial charge is 0.481 e. The number of benzene rings is 1. The fourth-order valence-electron chi connectivity index (χ4n) is 1.97. The first-order chi connectivity index (χ1) is 9.46. The van der Waals surface area contributed by atoms with Gasteiger partial charge in [0.1, 0.15) is 5.75 Å². The first-order valence-electron chi connectivity index (χ1n) is 6.77. The predicted octanol–water partition coefficient (Wildman–Crippen LogP) is 2.30. The van der Waals surface area contributed by atoms with Crippen LogP contribution in [0.25, 0.3) is 0 Å². The maximum Gasteiger partial charge on any atom is 0.260 e. The summed E-state index contributed by atoms with van der Waals surface area (Å²) in [5.41, 5.74) is 0.803. The third kappa shape index (κ3) is 3.64. The van der Waals surface area contributed by atoms with Crippen LogP contribution in [0.1, 0.15) is 25.3 Å². The van der Waals surface area contributed by atoms with E-state index in [9.17, 15) is 9.90 Å². The van der Waals surface area contributed by atoms with Gasteiger partial charge in [-0.1, -0.05) is 11.6 Å². The maximum absolute atomic E-state index is 12.0. The van der Waals surface area contributed by atoms with Gasteiger partial charge in [-0.3, -0.25) is 4.79 Å². The molecular weight excluding hydrogens is 278 g/mol. The van der Waals surface area contributed by atoms with Gasteiger partial charge >= 0.3 is 0 Å². The van der Waals surface area contributed by atoms with Crippen molar-refractivity contribution < 1.29 is 14.6 Å². The van der Waals surface area contributed by atoms with Gasteiger partial charge in [0.2, 0.25) is 0 Å². The topological polar surface area (TPSA) is 58.6 Å². The van der Waals surface area contributed by atoms with Crippen molar-refractivity contribution in [3.05, 3.63) is 28.8 Å². The minimum atomic E-state index is -0.579. The number of ether oxygens (including phenoxy) is 1. The summed E-state index contributed by atoms with van der Waals surface area (Å²) in [6.45, 7) is 4.23. The third-order valence-electron chi connectivity index (χ3n) is 3.74. The number of rotatable bonds is 6. The van der Waals surface area contributed by atoms with E-state index >= 15 is 0 Å². The molecule has 1 atom stereocenters. The van der Waals surface area contributed by atoms with Crippen LogP contribution < -0.4 is 10.1 Å². The molecule has 1 fully saturated rings. The van der Waals surface area contributed by atoms with Gasteiger partial charge in [-0.2, -0.15) is 0 Å². The second-order valence-corrected chi connectivity index (χ2v) is 5.98. The molecule has 0 aromatic heterocycles. The molecule has 0 radical (unpaired) electrons. The van der Waals surface area contributed by atoms with E-state index in [1.165, 1.54) is 0 Å². The fourth-order valence-corrected chi connectivity index (χ4v) is 2.20. The minimum absolute atomic E-state index is 0.0917. The normalized spacial score (nSPS) is 17.4. The van der Waals surface area contributed by atoms with Crippen molar-refractivity contribution in [2.45, 2.75) is 32.8 Å². The van der Waals surface area contributed by atoms with Crippen molar-refractivity contribution >= 4 is 17.5 Å². The number of halogens is 1. The van der Waals surface area contributed by atoms with Crippen LogP contribution >= 0.6 is 11.6 Å². The highest BCUT2D eigenvalue weighted by atomic mass is 35.5. The van der Waals surface area contributed by atoms with Gasteiger partial charge in [0.15, 0.2) is 6.10 Å². The molecule has 2 N–H and O–H groups in total. The molecule has 1 amide bonds. The Morgan fingerprint density at radius 1 is 1.55 bits per heavy atom. The van der Waals surface area contributed by atoms with E-state index < -0.39 is 6.10 Å². The van der Waals surface area contributed by atoms with Crippen LogP contribution in [0, 0.1) is 12.3 Å². The van der Waals surface area contributed by atoms with Crippen molar-refractivity contribution in [2.75, 3.05) is 13.2 Å². The molecule has 1 aliphatic carbocycles. The van der Waals surface area contributed by atoms with Crippen LogP contribution in [-0.2, 0) is 4.79 Å². The molecule has 1 aromatic carbocycles. The van der Waals surface area contributed by atoms with Crippen LogP contribution in [0.2, 0.25) is 5.02 Å². The van der Waals surface area contributed by atoms with Gasteiger partial charge in [-0.05, 0) is 50.5 Å². The number of nitrogens with one attached hydrogen (secondary N) is 1. The molecule has 0 spiro atoms. The SMILES string of the molecule is Cc1cc(Cl)ccc1OC(C)C(=O)NCC1(CO)CC1. The molecule has 0 heterocycles. The summed E-state index contributed by atoms with van der Waals surface area (Å²) in [7, 11) is 0. The molecule has 2 rings (SSSR count). The number of carbonyl (C=O) groups excluding carboxylic acids is 1. The summed E-state index contributed by atoms with van der Waals surface area (Å²) in [5.74, 6) is 0.486. The van der Waals surface area contributed by atoms with Gasteiger partial charge in [-0.25, -0.2) is 0 Å². The zero-order valence-electron chi connectivity index (χ0n) is 11.8. The van der Waals surface area contributed by atoms with Crippen LogP contribution in [0.3, 0.4) is 0 Å². The van der Waals surface area contributed by atoms with Gasteiger partial charge in [0.25, 0.3) is 5.91 Å². The standard InChI is InChI=1S/C15H20ClNO3/c1-10-7-12(16)3-4-13(10)20-11(2)14(19)17-8-15(9-18)5-6-15/h3-4,7,11,18H,5-6,8-9H2,1-2H3,(H,17,19). The highest BCUT2D eigenvalue weighted by molar-refractivity contribution is 6.30. The molecule has 1 saturated carbocycles. The Bertz CT molecular complexity index is 500. The number of carbonyl (C=O) groups is 1. The predicted molar refractivity (Wildman–Crippen MR) is 78.0 cm³/mol. The van der Waals surface area contributed by atoms with Crippen molar-refractivity contribution in [1.29, 1.82) is 0 Å². The lowest BCUT2D eigenvalue weighted by molar-refractivity contribution is -0.127. The molecule has 1 unspecified atom stereocenters. The molecule has 0 aliphatic heterocycles. The molecule has 1 aromatic rings. The number of aliphatic hydroxyl groups excluding tert-OH is 1. The summed E-state index contributed by atoms with van der Waals surface area (Å²) in [6, 6.07) is 5.30. The number of aryl methyl sites for hydroxylation is 1. The summed E-state index contributed by atoms with van der Waals surface area (Å²) >= 11 is 5.88. The molecule has 0 bridgehead atoms. The van der Waals surface area contributed by atoms with E-state index in [4.69, 9.17) is 16.3 Å². The number of hydrogen-bond acceptors (Lipinski definition) is 3. The van der Waals surface area contributed by atoms with E-state index in [-0.39, 0.29) is 17.9 Å². The van der Waals surface area contributed by atoms with Crippen LogP contribution in [0.5, 0.6) is 5.75 Å². The van der Waals surface area contributed by atoms with Crippen molar-refractivity contribution in [3.63, 3.8) is 0 Å². The molecule has 4 nitrogen and oxygen atoms in total. The Hall–Kier alpha value is -1.26. The Morgan fingerprint density at radius 2 is 2.25 bits per heavy atom. The lowest BCUT2D eigenvalue weighted by Gasteiger charge is -2.18. The fraction of sp³-hybridized carbons (Fsp3) is 0.533. The molecule has 110 valence electrons. The average Bonchev–Trinajstić information content (AvgIpc) is 3.20. The van der Waals surface area contributed by atoms with E-state index in [0.29, 0.717) is 17.3 Å². The lowest BCUT2D eigenvalue weighted by Crippen LogP contribution is -2.40. The molecule has 1 aliphatic rings. The van der Waals surface area contributed by atoms with E-state index in [0.717, 1.165) is 18.4 Å². The summed E-state index contributed by atoms with van der Waals surface area (Å²) in [5, 5.41) is 12.7. The monoisotopic (exact) mass is 297 g/mol. The van der Waals surface area contributed by atoms with Crippen LogP contribution in [-0.4, -0.2) is 30.3 Å². The molecule has 20 heavy (non-hydrogen) atoms. The lowest BCUT2D eigenvalue weighted by atomic mass is 10.1. The first-order valence-corrected chi connectivity index (χ1v) is 7.15. The second-order valence-electron chi connectivity index (χ2n) is 5.55. The third-order valence-corrected chi connectivity index (χ3v) is 3.98. The maximum atomic E-state index is 12.0. The highest BCUT2D eigenvalue weighted by Gasteiger charge is 2.42. The zero-order chi connectivity index (χ0) is 14.8. The second kappa shape index (κ2) is 6.02. The first kappa shape index (κ1) is 15.1. The van der Waals surface area contributed by atoms with Crippen molar-refractivity contribution in [2.24, 2.45) is 5.41 Å². The Labute approximate surface area is 124 Å². The smallest absolute Gasteiger partial charge is 0.260 e. The highest BCUT2D eigenvalue weighted by Crippen LogP contribution is 2.44. The summed E-state index contributed by atoms with van der Waals surface area (Å²) in [4.78, 5) is 12.0. The van der Waals surface area contributed by atoms with E-state index in [1.54, 1.807) is 25.1 Å². The van der Waals surface area contributed by atoms with E-state index in [2.05, 4.69) is 5.32 Å². The van der Waals surface area contributed by atoms with E-state index in [1.807, 2.05) is 6.92 Å². The van der Waals surface area contributed by atoms with Crippen LogP contribution in [0.15, 0.2) is 18.2 Å². The van der Waals surface area contributed by atoms with Crippen molar-refractivity contribution in [3.8, 4) is 5.75 Å². The quantitative estimate of drug-likeness (QED) is 0.847. The van der Waals surface area contributed by atoms with Gasteiger partial charge < -0.3 is 15.2 Å². The van der Waals surface area contributed by atoms with Gasteiger partial charge in [0, 0.05) is 17.0 Å². The summed E-state index contributed by atoms with van der Waals surface area (Å²) in [6.07, 6.45) is 1.36. The Morgan fingerprint density at radius 3 is 2.80 bits per heavy atom. The number of hydrogen-bond donors (Lipinski definition) is 2. The van der Waals surface area contributed by atoms with Crippen molar-refractivity contribution in [1.82, 2.24) is 5.32 Å².